The molecule has 1 aliphatic rings. The zero-order valence-electron chi connectivity index (χ0n) is 10.6. The molecule has 0 saturated carbocycles. The number of rotatable bonds is 3. The largest absolute Gasteiger partial charge is 0.478 e. The maximum atomic E-state index is 12.3. The van der Waals surface area contributed by atoms with Crippen molar-refractivity contribution in [3.05, 3.63) is 23.9 Å². The van der Waals surface area contributed by atoms with E-state index in [9.17, 15) is 18.0 Å². The van der Waals surface area contributed by atoms with Gasteiger partial charge in [0.2, 0.25) is 0 Å². The van der Waals surface area contributed by atoms with Crippen LogP contribution in [0.2, 0.25) is 0 Å². The first-order chi connectivity index (χ1) is 9.35. The summed E-state index contributed by atoms with van der Waals surface area (Å²) in [6, 6.07) is 3.01. The lowest BCUT2D eigenvalue weighted by Gasteiger charge is -2.35. The topological polar surface area (TPSA) is 56.7 Å². The van der Waals surface area contributed by atoms with Crippen molar-refractivity contribution in [2.45, 2.75) is 6.18 Å². The number of aromatic carboxylic acids is 1. The van der Waals surface area contributed by atoms with Crippen molar-refractivity contribution in [3.63, 3.8) is 0 Å². The van der Waals surface area contributed by atoms with Gasteiger partial charge in [0.1, 0.15) is 5.82 Å². The summed E-state index contributed by atoms with van der Waals surface area (Å²) in [6.07, 6.45) is -2.93. The molecule has 0 unspecified atom stereocenters. The quantitative estimate of drug-likeness (QED) is 0.913. The number of anilines is 1. The van der Waals surface area contributed by atoms with Crippen LogP contribution in [0.4, 0.5) is 19.0 Å². The van der Waals surface area contributed by atoms with Crippen LogP contribution in [0, 0.1) is 0 Å². The number of carbonyl (C=O) groups is 1. The van der Waals surface area contributed by atoms with Gasteiger partial charge in [0.15, 0.2) is 0 Å². The van der Waals surface area contributed by atoms with Crippen LogP contribution in [0.25, 0.3) is 0 Å². The molecule has 0 aromatic carbocycles. The van der Waals surface area contributed by atoms with Crippen molar-refractivity contribution in [1.82, 2.24) is 9.88 Å². The molecule has 2 heterocycles. The first-order valence-corrected chi connectivity index (χ1v) is 6.08. The molecule has 8 heteroatoms. The van der Waals surface area contributed by atoms with Crippen molar-refractivity contribution < 1.29 is 23.1 Å². The van der Waals surface area contributed by atoms with Crippen molar-refractivity contribution >= 4 is 11.8 Å². The Hall–Kier alpha value is -1.83. The molecule has 110 valence electrons. The summed E-state index contributed by atoms with van der Waals surface area (Å²) in [5, 5.41) is 8.76. The van der Waals surface area contributed by atoms with Gasteiger partial charge in [0.25, 0.3) is 0 Å². The number of aromatic nitrogens is 1. The summed E-state index contributed by atoms with van der Waals surface area (Å²) in [4.78, 5) is 17.9. The fraction of sp³-hybridized carbons (Fsp3) is 0.500. The van der Waals surface area contributed by atoms with Crippen molar-refractivity contribution in [2.24, 2.45) is 0 Å². The van der Waals surface area contributed by atoms with E-state index in [0.29, 0.717) is 32.0 Å². The third-order valence-electron chi connectivity index (χ3n) is 3.09. The molecular formula is C12H14F3N3O2. The van der Waals surface area contributed by atoms with Gasteiger partial charge < -0.3 is 10.0 Å². The fourth-order valence-electron chi connectivity index (χ4n) is 2.09. The van der Waals surface area contributed by atoms with Crippen LogP contribution in [0.1, 0.15) is 10.4 Å². The van der Waals surface area contributed by atoms with Gasteiger partial charge in [-0.25, -0.2) is 9.78 Å². The Balaban J connectivity index is 1.92. The molecule has 1 aromatic rings. The van der Waals surface area contributed by atoms with E-state index in [1.165, 1.54) is 17.2 Å². The van der Waals surface area contributed by atoms with E-state index in [1.54, 1.807) is 6.07 Å². The fourth-order valence-corrected chi connectivity index (χ4v) is 2.09. The van der Waals surface area contributed by atoms with Crippen LogP contribution in [0.3, 0.4) is 0 Å². The minimum absolute atomic E-state index is 0.0875. The maximum absolute atomic E-state index is 12.3. The second-order valence-electron chi connectivity index (χ2n) is 4.59. The molecule has 0 amide bonds. The number of halogens is 3. The van der Waals surface area contributed by atoms with Crippen LogP contribution >= 0.6 is 0 Å². The highest BCUT2D eigenvalue weighted by Crippen LogP contribution is 2.19. The molecule has 20 heavy (non-hydrogen) atoms. The first-order valence-electron chi connectivity index (χ1n) is 6.08. The molecular weight excluding hydrogens is 275 g/mol. The standard InChI is InChI=1S/C12H14F3N3O2/c13-12(14,15)8-17-3-5-18(6-4-17)10-2-1-9(7-16-10)11(19)20/h1-2,7H,3-6,8H2,(H,19,20). The van der Waals surface area contributed by atoms with E-state index in [4.69, 9.17) is 5.11 Å². The SMILES string of the molecule is O=C(O)c1ccc(N2CCN(CC(F)(F)F)CC2)nc1. The van der Waals surface area contributed by atoms with Gasteiger partial charge in [-0.1, -0.05) is 0 Å². The second kappa shape index (κ2) is 5.66. The molecule has 1 fully saturated rings. The third kappa shape index (κ3) is 3.83. The lowest BCUT2D eigenvalue weighted by atomic mass is 10.2. The molecule has 1 aromatic heterocycles. The van der Waals surface area contributed by atoms with Gasteiger partial charge in [-0.2, -0.15) is 13.2 Å². The predicted octanol–water partition coefficient (Wildman–Crippen LogP) is 1.46. The van der Waals surface area contributed by atoms with E-state index < -0.39 is 18.7 Å². The smallest absolute Gasteiger partial charge is 0.401 e. The van der Waals surface area contributed by atoms with Crippen molar-refractivity contribution in [2.75, 3.05) is 37.6 Å². The average molecular weight is 289 g/mol. The molecule has 0 bridgehead atoms. The highest BCUT2D eigenvalue weighted by atomic mass is 19.4. The predicted molar refractivity (Wildman–Crippen MR) is 65.9 cm³/mol. The van der Waals surface area contributed by atoms with E-state index in [2.05, 4.69) is 4.98 Å². The minimum Gasteiger partial charge on any atom is -0.478 e. The van der Waals surface area contributed by atoms with Gasteiger partial charge in [0, 0.05) is 32.4 Å². The number of piperazine rings is 1. The van der Waals surface area contributed by atoms with Crippen molar-refractivity contribution in [1.29, 1.82) is 0 Å². The molecule has 0 radical (unpaired) electrons. The Morgan fingerprint density at radius 3 is 2.35 bits per heavy atom. The van der Waals surface area contributed by atoms with Gasteiger partial charge in [-0.15, -0.1) is 0 Å². The summed E-state index contributed by atoms with van der Waals surface area (Å²) in [7, 11) is 0. The highest BCUT2D eigenvalue weighted by molar-refractivity contribution is 5.87. The number of alkyl halides is 3. The van der Waals surface area contributed by atoms with E-state index in [0.717, 1.165) is 0 Å². The highest BCUT2D eigenvalue weighted by Gasteiger charge is 2.32. The van der Waals surface area contributed by atoms with E-state index >= 15 is 0 Å². The Bertz CT molecular complexity index is 468. The number of carboxylic acids is 1. The summed E-state index contributed by atoms with van der Waals surface area (Å²) in [5.74, 6) is -0.472. The third-order valence-corrected chi connectivity index (χ3v) is 3.09. The summed E-state index contributed by atoms with van der Waals surface area (Å²) in [6.45, 7) is 0.598. The van der Waals surface area contributed by atoms with Crippen LogP contribution < -0.4 is 4.90 Å². The Kier molecular flexibility index (Phi) is 4.12. The van der Waals surface area contributed by atoms with Crippen LogP contribution in [0.15, 0.2) is 18.3 Å². The van der Waals surface area contributed by atoms with Crippen molar-refractivity contribution in [3.8, 4) is 0 Å². The van der Waals surface area contributed by atoms with E-state index in [1.807, 2.05) is 4.90 Å². The zero-order valence-corrected chi connectivity index (χ0v) is 10.6. The zero-order chi connectivity index (χ0) is 14.8. The number of hydrogen-bond donors (Lipinski definition) is 1. The van der Waals surface area contributed by atoms with Crippen LogP contribution in [-0.2, 0) is 0 Å². The molecule has 1 N–H and O–H groups in total. The molecule has 2 rings (SSSR count). The van der Waals surface area contributed by atoms with Gasteiger partial charge in [0.05, 0.1) is 12.1 Å². The first kappa shape index (κ1) is 14.6. The lowest BCUT2D eigenvalue weighted by Crippen LogP contribution is -2.49. The molecule has 0 spiro atoms. The molecule has 0 aliphatic carbocycles. The van der Waals surface area contributed by atoms with Crippen LogP contribution in [-0.4, -0.2) is 59.9 Å². The Labute approximate surface area is 113 Å². The number of carboxylic acid groups (broad SMARTS) is 1. The minimum atomic E-state index is -4.18. The number of pyridine rings is 1. The second-order valence-corrected chi connectivity index (χ2v) is 4.59. The molecule has 5 nitrogen and oxygen atoms in total. The Morgan fingerprint density at radius 1 is 1.25 bits per heavy atom. The normalized spacial score (nSPS) is 17.2. The summed E-state index contributed by atoms with van der Waals surface area (Å²) in [5.41, 5.74) is 0.0875. The van der Waals surface area contributed by atoms with Gasteiger partial charge in [-0.3, -0.25) is 4.90 Å². The van der Waals surface area contributed by atoms with E-state index in [-0.39, 0.29) is 5.56 Å². The summed E-state index contributed by atoms with van der Waals surface area (Å²) >= 11 is 0. The van der Waals surface area contributed by atoms with Crippen LogP contribution in [0.5, 0.6) is 0 Å². The summed E-state index contributed by atoms with van der Waals surface area (Å²) < 4.78 is 36.8. The molecule has 0 atom stereocenters. The molecule has 1 aliphatic heterocycles. The monoisotopic (exact) mass is 289 g/mol. The van der Waals surface area contributed by atoms with Gasteiger partial charge in [-0.05, 0) is 12.1 Å². The average Bonchev–Trinajstić information content (AvgIpc) is 2.38. The lowest BCUT2D eigenvalue weighted by molar-refractivity contribution is -0.146. The van der Waals surface area contributed by atoms with Gasteiger partial charge >= 0.3 is 12.1 Å². The molecule has 1 saturated heterocycles. The Morgan fingerprint density at radius 2 is 1.90 bits per heavy atom. The number of hydrogen-bond acceptors (Lipinski definition) is 4. The number of nitrogens with zero attached hydrogens (tertiary/aromatic N) is 3. The maximum Gasteiger partial charge on any atom is 0.401 e.